The van der Waals surface area contributed by atoms with Crippen LogP contribution in [0.15, 0.2) is 29.3 Å². The van der Waals surface area contributed by atoms with Gasteiger partial charge in [-0.25, -0.2) is 4.98 Å². The maximum absolute atomic E-state index is 12.7. The number of guanidine groups is 1. The van der Waals surface area contributed by atoms with Gasteiger partial charge in [-0.1, -0.05) is 12.1 Å². The third-order valence-electron chi connectivity index (χ3n) is 4.98. The molecule has 0 unspecified atom stereocenters. The van der Waals surface area contributed by atoms with Gasteiger partial charge in [0.15, 0.2) is 5.96 Å². The van der Waals surface area contributed by atoms with Crippen molar-refractivity contribution in [3.05, 3.63) is 51.0 Å². The van der Waals surface area contributed by atoms with Gasteiger partial charge in [-0.2, -0.15) is 0 Å². The molecule has 2 heterocycles. The summed E-state index contributed by atoms with van der Waals surface area (Å²) in [5.74, 6) is 0.858. The first-order valence-electron chi connectivity index (χ1n) is 9.82. The highest BCUT2D eigenvalue weighted by Crippen LogP contribution is 2.16. The molecule has 0 spiro atoms. The first kappa shape index (κ1) is 23.6. The molecule has 0 radical (unpaired) electrons. The lowest BCUT2D eigenvalue weighted by molar-refractivity contribution is 0.0724. The molecule has 1 aromatic carbocycles. The van der Waals surface area contributed by atoms with Crippen LogP contribution in [0.1, 0.15) is 50.8 Å². The first-order valence-corrected chi connectivity index (χ1v) is 10.6. The van der Waals surface area contributed by atoms with Crippen LogP contribution in [0.4, 0.5) is 0 Å². The molecule has 1 fully saturated rings. The normalized spacial score (nSPS) is 14.3. The summed E-state index contributed by atoms with van der Waals surface area (Å²) in [6, 6.07) is 7.86. The Labute approximate surface area is 194 Å². The van der Waals surface area contributed by atoms with Crippen LogP contribution in [0.3, 0.4) is 0 Å². The van der Waals surface area contributed by atoms with Crippen molar-refractivity contribution < 1.29 is 4.79 Å². The number of amides is 1. The summed E-state index contributed by atoms with van der Waals surface area (Å²) in [4.78, 5) is 24.7. The van der Waals surface area contributed by atoms with Crippen LogP contribution < -0.4 is 10.6 Å². The fourth-order valence-electron chi connectivity index (χ4n) is 3.27. The van der Waals surface area contributed by atoms with Gasteiger partial charge < -0.3 is 15.5 Å². The van der Waals surface area contributed by atoms with E-state index in [1.807, 2.05) is 36.1 Å². The lowest BCUT2D eigenvalue weighted by Gasteiger charge is -2.26. The van der Waals surface area contributed by atoms with Crippen molar-refractivity contribution in [2.75, 3.05) is 20.1 Å². The average molecular weight is 527 g/mol. The van der Waals surface area contributed by atoms with E-state index in [1.54, 1.807) is 18.4 Å². The molecule has 3 rings (SSSR count). The topological polar surface area (TPSA) is 69.6 Å². The van der Waals surface area contributed by atoms with Crippen LogP contribution in [-0.4, -0.2) is 41.9 Å². The van der Waals surface area contributed by atoms with Gasteiger partial charge in [-0.3, -0.25) is 9.79 Å². The summed E-state index contributed by atoms with van der Waals surface area (Å²) < 4.78 is 0. The van der Waals surface area contributed by atoms with Crippen molar-refractivity contribution in [1.82, 2.24) is 20.5 Å². The lowest BCUT2D eigenvalue weighted by Crippen LogP contribution is -2.36. The fraction of sp³-hybridized carbons (Fsp3) is 0.476. The van der Waals surface area contributed by atoms with Gasteiger partial charge in [0.05, 0.1) is 12.2 Å². The Hall–Kier alpha value is -1.68. The predicted octanol–water partition coefficient (Wildman–Crippen LogP) is 3.87. The summed E-state index contributed by atoms with van der Waals surface area (Å²) in [6.45, 7) is 7.10. The van der Waals surface area contributed by atoms with E-state index in [1.165, 1.54) is 11.3 Å². The van der Waals surface area contributed by atoms with Gasteiger partial charge in [0.25, 0.3) is 5.91 Å². The molecular formula is C21H30IN5OS. The number of hydrogen-bond acceptors (Lipinski definition) is 4. The summed E-state index contributed by atoms with van der Waals surface area (Å²) in [6.07, 6.45) is 3.43. The predicted molar refractivity (Wildman–Crippen MR) is 130 cm³/mol. The maximum Gasteiger partial charge on any atom is 0.253 e. The molecule has 8 heteroatoms. The molecule has 1 saturated heterocycles. The van der Waals surface area contributed by atoms with Crippen molar-refractivity contribution in [3.63, 3.8) is 0 Å². The van der Waals surface area contributed by atoms with Crippen LogP contribution in [0.2, 0.25) is 0 Å². The quantitative estimate of drug-likeness (QED) is 0.352. The molecular weight excluding hydrogens is 497 g/mol. The summed E-state index contributed by atoms with van der Waals surface area (Å²) >= 11 is 1.70. The van der Waals surface area contributed by atoms with Crippen molar-refractivity contribution in [2.45, 2.75) is 46.2 Å². The second kappa shape index (κ2) is 11.5. The molecule has 1 amide bonds. The number of nitrogens with zero attached hydrogens (tertiary/aromatic N) is 3. The average Bonchev–Trinajstić information content (AvgIpc) is 3.06. The highest BCUT2D eigenvalue weighted by molar-refractivity contribution is 14.0. The van der Waals surface area contributed by atoms with Crippen molar-refractivity contribution in [3.8, 4) is 0 Å². The van der Waals surface area contributed by atoms with Crippen molar-refractivity contribution in [2.24, 2.45) is 4.99 Å². The number of carbonyl (C=O) groups is 1. The maximum atomic E-state index is 12.7. The molecule has 1 aliphatic rings. The SMILES string of the molecule is CN=C(NCc1cccc(C(=O)N2CCCCC2)c1)NCc1nc(C)c(C)s1.I. The zero-order valence-electron chi connectivity index (χ0n) is 17.3. The molecule has 0 atom stereocenters. The molecule has 6 nitrogen and oxygen atoms in total. The van der Waals surface area contributed by atoms with Gasteiger partial charge in [-0.15, -0.1) is 35.3 Å². The molecule has 2 N–H and O–H groups in total. The van der Waals surface area contributed by atoms with Crippen LogP contribution in [-0.2, 0) is 13.1 Å². The van der Waals surface area contributed by atoms with Crippen LogP contribution >= 0.6 is 35.3 Å². The Morgan fingerprint density at radius 2 is 1.90 bits per heavy atom. The smallest absolute Gasteiger partial charge is 0.253 e. The number of aryl methyl sites for hydroxylation is 2. The zero-order chi connectivity index (χ0) is 19.9. The minimum atomic E-state index is 0. The van der Waals surface area contributed by atoms with Gasteiger partial charge in [0.2, 0.25) is 0 Å². The minimum absolute atomic E-state index is 0. The molecule has 0 bridgehead atoms. The highest BCUT2D eigenvalue weighted by atomic mass is 127. The Morgan fingerprint density at radius 1 is 1.17 bits per heavy atom. The summed E-state index contributed by atoms with van der Waals surface area (Å²) in [5.41, 5.74) is 2.91. The summed E-state index contributed by atoms with van der Waals surface area (Å²) in [7, 11) is 1.75. The number of rotatable bonds is 5. The van der Waals surface area contributed by atoms with Gasteiger partial charge in [-0.05, 0) is 50.8 Å². The monoisotopic (exact) mass is 527 g/mol. The number of aliphatic imine (C=N–C) groups is 1. The molecule has 1 aromatic heterocycles. The third kappa shape index (κ3) is 6.67. The van der Waals surface area contributed by atoms with E-state index >= 15 is 0 Å². The molecule has 158 valence electrons. The van der Waals surface area contributed by atoms with Gasteiger partial charge in [0, 0.05) is 37.1 Å². The van der Waals surface area contributed by atoms with E-state index in [-0.39, 0.29) is 29.9 Å². The molecule has 29 heavy (non-hydrogen) atoms. The lowest BCUT2D eigenvalue weighted by atomic mass is 10.1. The fourth-order valence-corrected chi connectivity index (χ4v) is 4.15. The Bertz CT molecular complexity index is 826. The largest absolute Gasteiger partial charge is 0.352 e. The highest BCUT2D eigenvalue weighted by Gasteiger charge is 2.18. The van der Waals surface area contributed by atoms with E-state index in [4.69, 9.17) is 0 Å². The Balaban J connectivity index is 0.00000300. The van der Waals surface area contributed by atoms with Gasteiger partial charge in [0.1, 0.15) is 5.01 Å². The molecule has 0 aliphatic carbocycles. The molecule has 2 aromatic rings. The number of halogens is 1. The number of thiazole rings is 1. The number of nitrogens with one attached hydrogen (secondary N) is 2. The second-order valence-electron chi connectivity index (χ2n) is 7.08. The number of benzene rings is 1. The number of carbonyl (C=O) groups excluding carboxylic acids is 1. The number of likely N-dealkylation sites (tertiary alicyclic amines) is 1. The molecule has 0 saturated carbocycles. The Morgan fingerprint density at radius 3 is 2.55 bits per heavy atom. The number of piperidine rings is 1. The van der Waals surface area contributed by atoms with Crippen molar-refractivity contribution >= 4 is 47.2 Å². The number of hydrogen-bond donors (Lipinski definition) is 2. The van der Waals surface area contributed by atoms with E-state index in [0.717, 1.165) is 53.7 Å². The van der Waals surface area contributed by atoms with Crippen LogP contribution in [0.25, 0.3) is 0 Å². The van der Waals surface area contributed by atoms with Crippen LogP contribution in [0.5, 0.6) is 0 Å². The third-order valence-corrected chi connectivity index (χ3v) is 6.05. The minimum Gasteiger partial charge on any atom is -0.352 e. The van der Waals surface area contributed by atoms with Gasteiger partial charge >= 0.3 is 0 Å². The molecule has 1 aliphatic heterocycles. The van der Waals surface area contributed by atoms with E-state index in [2.05, 4.69) is 27.5 Å². The Kier molecular flexibility index (Phi) is 9.35. The van der Waals surface area contributed by atoms with Crippen LogP contribution in [0, 0.1) is 13.8 Å². The zero-order valence-corrected chi connectivity index (χ0v) is 20.5. The summed E-state index contributed by atoms with van der Waals surface area (Å²) in [5, 5.41) is 7.66. The standard InChI is InChI=1S/C21H29N5OS.HI/c1-15-16(2)28-19(25-15)14-24-21(22-3)23-13-17-8-7-9-18(12-17)20(27)26-10-5-4-6-11-26;/h7-9,12H,4-6,10-11,13-14H2,1-3H3,(H2,22,23,24);1H. The van der Waals surface area contributed by atoms with E-state index < -0.39 is 0 Å². The first-order chi connectivity index (χ1) is 13.6. The second-order valence-corrected chi connectivity index (χ2v) is 8.37. The number of aromatic nitrogens is 1. The van der Waals surface area contributed by atoms with E-state index in [0.29, 0.717) is 13.1 Å². The van der Waals surface area contributed by atoms with Crippen molar-refractivity contribution in [1.29, 1.82) is 0 Å². The van der Waals surface area contributed by atoms with E-state index in [9.17, 15) is 4.79 Å².